The van der Waals surface area contributed by atoms with Gasteiger partial charge in [-0.3, -0.25) is 0 Å². The van der Waals surface area contributed by atoms with Gasteiger partial charge in [0.15, 0.2) is 0 Å². The average Bonchev–Trinajstić information content (AvgIpc) is 2.32. The van der Waals surface area contributed by atoms with Gasteiger partial charge in [0.05, 0.1) is 0 Å². The SMILES string of the molecule is CCC(C)(C)CNCC1CCN(CCN)CC1. The zero-order valence-electron chi connectivity index (χ0n) is 12.0. The van der Waals surface area contributed by atoms with Crippen molar-refractivity contribution >= 4 is 0 Å². The third-order valence-corrected chi connectivity index (χ3v) is 4.15. The zero-order valence-corrected chi connectivity index (χ0v) is 12.0. The van der Waals surface area contributed by atoms with E-state index < -0.39 is 0 Å². The molecule has 1 aliphatic rings. The zero-order chi connectivity index (χ0) is 12.7. The van der Waals surface area contributed by atoms with Crippen LogP contribution in [0.15, 0.2) is 0 Å². The first kappa shape index (κ1) is 14.9. The molecule has 1 fully saturated rings. The van der Waals surface area contributed by atoms with Crippen molar-refractivity contribution in [2.45, 2.75) is 40.0 Å². The van der Waals surface area contributed by atoms with Crippen LogP contribution in [0, 0.1) is 11.3 Å². The Morgan fingerprint density at radius 2 is 1.94 bits per heavy atom. The Bertz CT molecular complexity index is 196. The van der Waals surface area contributed by atoms with Crippen LogP contribution < -0.4 is 11.1 Å². The maximum absolute atomic E-state index is 5.58. The molecule has 0 unspecified atom stereocenters. The summed E-state index contributed by atoms with van der Waals surface area (Å²) in [6.45, 7) is 13.6. The molecule has 0 spiro atoms. The number of likely N-dealkylation sites (tertiary alicyclic amines) is 1. The molecule has 0 radical (unpaired) electrons. The van der Waals surface area contributed by atoms with Gasteiger partial charge in [0, 0.05) is 19.6 Å². The second-order valence-electron chi connectivity index (χ2n) is 6.22. The van der Waals surface area contributed by atoms with E-state index in [9.17, 15) is 0 Å². The Balaban J connectivity index is 2.10. The first-order chi connectivity index (χ1) is 8.07. The number of rotatable bonds is 7. The van der Waals surface area contributed by atoms with Crippen molar-refractivity contribution < 1.29 is 0 Å². The molecule has 0 atom stereocenters. The van der Waals surface area contributed by atoms with E-state index in [0.29, 0.717) is 5.41 Å². The fourth-order valence-electron chi connectivity index (χ4n) is 2.34. The molecule has 3 nitrogen and oxygen atoms in total. The average molecular weight is 241 g/mol. The quantitative estimate of drug-likeness (QED) is 0.712. The summed E-state index contributed by atoms with van der Waals surface area (Å²) in [6.07, 6.45) is 3.91. The molecule has 1 rings (SSSR count). The minimum absolute atomic E-state index is 0.445. The maximum Gasteiger partial charge on any atom is 0.0105 e. The highest BCUT2D eigenvalue weighted by Crippen LogP contribution is 2.19. The Labute approximate surface area is 107 Å². The van der Waals surface area contributed by atoms with Gasteiger partial charge in [0.2, 0.25) is 0 Å². The summed E-state index contributed by atoms with van der Waals surface area (Å²) >= 11 is 0. The van der Waals surface area contributed by atoms with Crippen LogP contribution in [0.1, 0.15) is 40.0 Å². The van der Waals surface area contributed by atoms with E-state index in [2.05, 4.69) is 31.0 Å². The molecule has 17 heavy (non-hydrogen) atoms. The lowest BCUT2D eigenvalue weighted by Gasteiger charge is -2.32. The lowest BCUT2D eigenvalue weighted by atomic mass is 9.89. The number of hydrogen-bond acceptors (Lipinski definition) is 3. The molecule has 0 aliphatic carbocycles. The first-order valence-electron chi connectivity index (χ1n) is 7.20. The molecule has 3 heteroatoms. The molecule has 1 saturated heterocycles. The standard InChI is InChI=1S/C14H31N3/c1-4-14(2,3)12-16-11-13-5-8-17(9-6-13)10-7-15/h13,16H,4-12,15H2,1-3H3. The van der Waals surface area contributed by atoms with E-state index in [4.69, 9.17) is 5.73 Å². The molecule has 1 heterocycles. The Morgan fingerprint density at radius 1 is 1.29 bits per heavy atom. The summed E-state index contributed by atoms with van der Waals surface area (Å²) in [6, 6.07) is 0. The number of nitrogens with zero attached hydrogens (tertiary/aromatic N) is 1. The summed E-state index contributed by atoms with van der Waals surface area (Å²) in [5.41, 5.74) is 6.03. The normalized spacial score (nSPS) is 19.8. The highest BCUT2D eigenvalue weighted by molar-refractivity contribution is 4.76. The minimum atomic E-state index is 0.445. The number of nitrogens with two attached hydrogens (primary N) is 1. The summed E-state index contributed by atoms with van der Waals surface area (Å²) in [7, 11) is 0. The molecule has 0 bridgehead atoms. The highest BCUT2D eigenvalue weighted by atomic mass is 15.1. The van der Waals surface area contributed by atoms with E-state index in [0.717, 1.165) is 25.6 Å². The molecule has 0 saturated carbocycles. The van der Waals surface area contributed by atoms with Gasteiger partial charge in [-0.2, -0.15) is 0 Å². The van der Waals surface area contributed by atoms with E-state index in [1.807, 2.05) is 0 Å². The van der Waals surface area contributed by atoms with Gasteiger partial charge in [-0.05, 0) is 50.2 Å². The van der Waals surface area contributed by atoms with Gasteiger partial charge in [0.1, 0.15) is 0 Å². The van der Waals surface area contributed by atoms with Gasteiger partial charge >= 0.3 is 0 Å². The molecule has 3 N–H and O–H groups in total. The second kappa shape index (κ2) is 7.34. The van der Waals surface area contributed by atoms with Crippen LogP contribution in [0.3, 0.4) is 0 Å². The third-order valence-electron chi connectivity index (χ3n) is 4.15. The van der Waals surface area contributed by atoms with E-state index in [1.165, 1.54) is 38.9 Å². The molecule has 0 aromatic heterocycles. The van der Waals surface area contributed by atoms with E-state index >= 15 is 0 Å². The molecule has 0 aromatic rings. The van der Waals surface area contributed by atoms with Crippen molar-refractivity contribution in [3.05, 3.63) is 0 Å². The topological polar surface area (TPSA) is 41.3 Å². The van der Waals surface area contributed by atoms with Crippen LogP contribution in [-0.4, -0.2) is 44.2 Å². The largest absolute Gasteiger partial charge is 0.329 e. The van der Waals surface area contributed by atoms with Crippen LogP contribution in [0.5, 0.6) is 0 Å². The second-order valence-corrected chi connectivity index (χ2v) is 6.22. The molecule has 1 aliphatic heterocycles. The van der Waals surface area contributed by atoms with Crippen LogP contribution in [-0.2, 0) is 0 Å². The van der Waals surface area contributed by atoms with Gasteiger partial charge in [-0.15, -0.1) is 0 Å². The number of piperidine rings is 1. The number of nitrogens with one attached hydrogen (secondary N) is 1. The number of hydrogen-bond donors (Lipinski definition) is 2. The maximum atomic E-state index is 5.58. The van der Waals surface area contributed by atoms with E-state index in [1.54, 1.807) is 0 Å². The third kappa shape index (κ3) is 5.84. The molecular formula is C14H31N3. The van der Waals surface area contributed by atoms with Gasteiger partial charge in [-0.1, -0.05) is 20.8 Å². The van der Waals surface area contributed by atoms with Crippen LogP contribution in [0.25, 0.3) is 0 Å². The Kier molecular flexibility index (Phi) is 6.45. The van der Waals surface area contributed by atoms with Gasteiger partial charge < -0.3 is 16.0 Å². The summed E-state index contributed by atoms with van der Waals surface area (Å²) < 4.78 is 0. The van der Waals surface area contributed by atoms with Crippen LogP contribution in [0.4, 0.5) is 0 Å². The predicted octanol–water partition coefficient (Wildman–Crippen LogP) is 1.68. The first-order valence-corrected chi connectivity index (χ1v) is 7.20. The molecule has 0 aromatic carbocycles. The summed E-state index contributed by atoms with van der Waals surface area (Å²) in [5, 5.41) is 3.65. The van der Waals surface area contributed by atoms with Crippen molar-refractivity contribution in [1.82, 2.24) is 10.2 Å². The summed E-state index contributed by atoms with van der Waals surface area (Å²) in [5.74, 6) is 0.872. The minimum Gasteiger partial charge on any atom is -0.329 e. The van der Waals surface area contributed by atoms with Crippen molar-refractivity contribution in [2.75, 3.05) is 39.3 Å². The summed E-state index contributed by atoms with van der Waals surface area (Å²) in [4.78, 5) is 2.49. The highest BCUT2D eigenvalue weighted by Gasteiger charge is 2.19. The fourth-order valence-corrected chi connectivity index (χ4v) is 2.34. The molecule has 102 valence electrons. The Morgan fingerprint density at radius 3 is 2.47 bits per heavy atom. The lowest BCUT2D eigenvalue weighted by molar-refractivity contribution is 0.183. The van der Waals surface area contributed by atoms with Crippen molar-refractivity contribution in [3.8, 4) is 0 Å². The Hall–Kier alpha value is -0.120. The van der Waals surface area contributed by atoms with Crippen LogP contribution >= 0.6 is 0 Å². The smallest absolute Gasteiger partial charge is 0.0105 e. The van der Waals surface area contributed by atoms with Crippen molar-refractivity contribution in [2.24, 2.45) is 17.1 Å². The predicted molar refractivity (Wildman–Crippen MR) is 75.2 cm³/mol. The lowest BCUT2D eigenvalue weighted by Crippen LogP contribution is -2.40. The molecular weight excluding hydrogens is 210 g/mol. The van der Waals surface area contributed by atoms with Crippen molar-refractivity contribution in [3.63, 3.8) is 0 Å². The van der Waals surface area contributed by atoms with Gasteiger partial charge in [0.25, 0.3) is 0 Å². The molecule has 0 amide bonds. The van der Waals surface area contributed by atoms with E-state index in [-0.39, 0.29) is 0 Å². The van der Waals surface area contributed by atoms with Crippen LogP contribution in [0.2, 0.25) is 0 Å². The van der Waals surface area contributed by atoms with Crippen molar-refractivity contribution in [1.29, 1.82) is 0 Å². The monoisotopic (exact) mass is 241 g/mol. The fraction of sp³-hybridized carbons (Fsp3) is 1.00. The van der Waals surface area contributed by atoms with Gasteiger partial charge in [-0.25, -0.2) is 0 Å².